The summed E-state index contributed by atoms with van der Waals surface area (Å²) in [5.74, 6) is 0. The van der Waals surface area contributed by atoms with Gasteiger partial charge in [-0.2, -0.15) is 0 Å². The summed E-state index contributed by atoms with van der Waals surface area (Å²) in [6.07, 6.45) is 0. The number of nitrogens with zero attached hydrogens (tertiary/aromatic N) is 1. The molecule has 0 unspecified atom stereocenters. The molecule has 4 aromatic rings. The molecular weight excluding hydrogens is 475 g/mol. The minimum atomic E-state index is -0.0456. The lowest BCUT2D eigenvalue weighted by atomic mass is 10.0. The normalized spacial score (nSPS) is 14.9. The fourth-order valence-electron chi connectivity index (χ4n) is 3.76. The zero-order valence-electron chi connectivity index (χ0n) is 16.3. The smallest absolute Gasteiger partial charge is 0.198 e. The highest BCUT2D eigenvalue weighted by Crippen LogP contribution is 2.38. The van der Waals surface area contributed by atoms with Crippen LogP contribution in [0.1, 0.15) is 0 Å². The maximum absolute atomic E-state index is 13.5. The maximum atomic E-state index is 13.5. The van der Waals surface area contributed by atoms with Gasteiger partial charge < -0.3 is 10.2 Å². The lowest BCUT2D eigenvalue weighted by Crippen LogP contribution is -2.40. The number of hydrogen-bond acceptors (Lipinski definition) is 5. The Hall–Kier alpha value is -1.86. The predicted octanol–water partition coefficient (Wildman–Crippen LogP) is 6.70. The van der Waals surface area contributed by atoms with E-state index in [1.54, 1.807) is 29.5 Å². The van der Waals surface area contributed by atoms with Gasteiger partial charge in [0.2, 0.25) is 0 Å². The number of nitrogens with one attached hydrogen (secondary N) is 1. The fourth-order valence-corrected chi connectivity index (χ4v) is 5.58. The molecule has 1 saturated heterocycles. The lowest BCUT2D eigenvalue weighted by molar-refractivity contribution is 0.0497. The quantitative estimate of drug-likeness (QED) is 0.324. The molecule has 8 heteroatoms. The fraction of sp³-hybridized carbons (Fsp3) is 0.174. The Labute approximate surface area is 197 Å². The number of hydrogen-bond donors (Lipinski definition) is 1. The molecule has 4 nitrogen and oxygen atoms in total. The number of rotatable bonds is 3. The van der Waals surface area contributed by atoms with Crippen molar-refractivity contribution in [2.45, 2.75) is 0 Å². The van der Waals surface area contributed by atoms with Gasteiger partial charge in [-0.05, 0) is 48.0 Å². The summed E-state index contributed by atoms with van der Waals surface area (Å²) in [5, 5.41) is 5.01. The first-order valence-corrected chi connectivity index (χ1v) is 11.7. The van der Waals surface area contributed by atoms with Gasteiger partial charge in [0.05, 0.1) is 24.3 Å². The van der Waals surface area contributed by atoms with Gasteiger partial charge in [-0.15, -0.1) is 11.3 Å². The van der Waals surface area contributed by atoms with E-state index < -0.39 is 0 Å². The second kappa shape index (κ2) is 8.58. The van der Waals surface area contributed by atoms with Gasteiger partial charge in [-0.1, -0.05) is 40.9 Å². The van der Waals surface area contributed by atoms with Crippen LogP contribution in [-0.2, 0) is 4.74 Å². The minimum Gasteiger partial charge on any atom is -0.379 e. The Kier molecular flexibility index (Phi) is 5.82. The molecule has 1 aromatic heterocycles. The highest BCUT2D eigenvalue weighted by molar-refractivity contribution is 7.24. The lowest BCUT2D eigenvalue weighted by Gasteiger charge is -2.28. The summed E-state index contributed by atoms with van der Waals surface area (Å²) in [5.41, 5.74) is 5.90. The summed E-state index contributed by atoms with van der Waals surface area (Å²) in [6, 6.07) is 14.8. The monoisotopic (exact) mass is 490 g/mol. The van der Waals surface area contributed by atoms with Gasteiger partial charge in [-0.25, -0.2) is 5.01 Å². The van der Waals surface area contributed by atoms with E-state index in [-0.39, 0.29) is 5.43 Å². The van der Waals surface area contributed by atoms with E-state index in [0.29, 0.717) is 39.1 Å². The van der Waals surface area contributed by atoms with Crippen LogP contribution in [-0.4, -0.2) is 31.3 Å². The van der Waals surface area contributed by atoms with Gasteiger partial charge in [-0.3, -0.25) is 4.79 Å². The number of anilines is 1. The van der Waals surface area contributed by atoms with Crippen molar-refractivity contribution < 1.29 is 4.74 Å². The van der Waals surface area contributed by atoms with Gasteiger partial charge >= 0.3 is 0 Å². The van der Waals surface area contributed by atoms with Crippen molar-refractivity contribution in [2.24, 2.45) is 0 Å². The van der Waals surface area contributed by atoms with Crippen molar-refractivity contribution in [3.05, 3.63) is 73.8 Å². The molecule has 0 aliphatic carbocycles. The first kappa shape index (κ1) is 21.0. The van der Waals surface area contributed by atoms with Crippen molar-refractivity contribution in [1.82, 2.24) is 5.01 Å². The molecular formula is C23H17Cl3N2O2S. The maximum Gasteiger partial charge on any atom is 0.198 e. The molecule has 158 valence electrons. The summed E-state index contributed by atoms with van der Waals surface area (Å²) in [6.45, 7) is 2.73. The van der Waals surface area contributed by atoms with Crippen LogP contribution in [0.25, 0.3) is 31.3 Å². The Morgan fingerprint density at radius 3 is 2.42 bits per heavy atom. The summed E-state index contributed by atoms with van der Waals surface area (Å²) in [7, 11) is 0. The van der Waals surface area contributed by atoms with Crippen LogP contribution in [0.2, 0.25) is 15.1 Å². The van der Waals surface area contributed by atoms with Crippen molar-refractivity contribution in [3.63, 3.8) is 0 Å². The first-order chi connectivity index (χ1) is 15.0. The molecule has 0 saturated carbocycles. The SMILES string of the molecule is O=c1c2cc(Cl)ccc2sc2cc(-c3ccc(Cl)cc3Cl)cc(NN3CCOCC3)c12. The van der Waals surface area contributed by atoms with Crippen molar-refractivity contribution >= 4 is 72.0 Å². The molecule has 1 N–H and O–H groups in total. The third-order valence-corrected chi connectivity index (χ3v) is 7.17. The van der Waals surface area contributed by atoms with E-state index >= 15 is 0 Å². The molecule has 5 rings (SSSR count). The third-order valence-electron chi connectivity index (χ3n) is 5.27. The largest absolute Gasteiger partial charge is 0.379 e. The van der Waals surface area contributed by atoms with Crippen LogP contribution in [0, 0.1) is 0 Å². The zero-order chi connectivity index (χ0) is 21.5. The number of benzene rings is 3. The molecule has 0 bridgehead atoms. The number of ether oxygens (including phenoxy) is 1. The number of hydrazine groups is 1. The molecule has 0 spiro atoms. The van der Waals surface area contributed by atoms with E-state index in [1.807, 2.05) is 30.3 Å². The molecule has 0 radical (unpaired) electrons. The average Bonchev–Trinajstić information content (AvgIpc) is 2.75. The molecule has 0 amide bonds. The molecule has 1 aliphatic rings. The number of morpholine rings is 1. The topological polar surface area (TPSA) is 41.6 Å². The van der Waals surface area contributed by atoms with E-state index in [2.05, 4.69) is 10.4 Å². The van der Waals surface area contributed by atoms with Gasteiger partial charge in [0.15, 0.2) is 5.43 Å². The van der Waals surface area contributed by atoms with E-state index in [0.717, 1.165) is 39.3 Å². The Morgan fingerprint density at radius 1 is 0.903 bits per heavy atom. The minimum absolute atomic E-state index is 0.0456. The zero-order valence-corrected chi connectivity index (χ0v) is 19.3. The first-order valence-electron chi connectivity index (χ1n) is 9.74. The van der Waals surface area contributed by atoms with Crippen LogP contribution >= 0.6 is 46.1 Å². The second-order valence-corrected chi connectivity index (χ2v) is 9.67. The molecule has 3 aromatic carbocycles. The number of fused-ring (bicyclic) bond motifs is 2. The van der Waals surface area contributed by atoms with Crippen LogP contribution in [0.4, 0.5) is 5.69 Å². The molecule has 0 atom stereocenters. The Morgan fingerprint density at radius 2 is 1.65 bits per heavy atom. The Balaban J connectivity index is 1.77. The van der Waals surface area contributed by atoms with Gasteiger partial charge in [0.1, 0.15) is 0 Å². The second-order valence-electron chi connectivity index (χ2n) is 7.30. The summed E-state index contributed by atoms with van der Waals surface area (Å²) >= 11 is 20.3. The van der Waals surface area contributed by atoms with Gasteiger partial charge in [0, 0.05) is 48.5 Å². The summed E-state index contributed by atoms with van der Waals surface area (Å²) < 4.78 is 7.22. The number of halogens is 3. The molecule has 1 aliphatic heterocycles. The van der Waals surface area contributed by atoms with E-state index in [4.69, 9.17) is 39.5 Å². The molecule has 1 fully saturated rings. The van der Waals surface area contributed by atoms with Crippen LogP contribution in [0.15, 0.2) is 53.3 Å². The van der Waals surface area contributed by atoms with Crippen molar-refractivity contribution in [1.29, 1.82) is 0 Å². The van der Waals surface area contributed by atoms with Crippen LogP contribution < -0.4 is 10.9 Å². The predicted molar refractivity (Wildman–Crippen MR) is 132 cm³/mol. The van der Waals surface area contributed by atoms with E-state index in [1.165, 1.54) is 0 Å². The standard InChI is InChI=1S/C23H17Cl3N2O2S/c24-14-2-4-20-17(11-14)23(29)22-19(27-28-5-7-30-8-6-28)9-13(10-21(22)31-20)16-3-1-15(25)12-18(16)26/h1-4,9-12,27H,5-8H2. The van der Waals surface area contributed by atoms with Crippen molar-refractivity contribution in [3.8, 4) is 11.1 Å². The highest BCUT2D eigenvalue weighted by atomic mass is 35.5. The van der Waals surface area contributed by atoms with Crippen LogP contribution in [0.5, 0.6) is 0 Å². The average molecular weight is 492 g/mol. The van der Waals surface area contributed by atoms with Gasteiger partial charge in [0.25, 0.3) is 0 Å². The Bertz CT molecular complexity index is 1370. The van der Waals surface area contributed by atoms with Crippen LogP contribution in [0.3, 0.4) is 0 Å². The third kappa shape index (κ3) is 4.14. The van der Waals surface area contributed by atoms with Crippen molar-refractivity contribution in [2.75, 3.05) is 31.7 Å². The molecule has 31 heavy (non-hydrogen) atoms. The van der Waals surface area contributed by atoms with E-state index in [9.17, 15) is 4.79 Å². The summed E-state index contributed by atoms with van der Waals surface area (Å²) in [4.78, 5) is 13.5. The highest BCUT2D eigenvalue weighted by Gasteiger charge is 2.17. The molecule has 2 heterocycles.